The number of hydrogen-bond acceptors (Lipinski definition) is 6. The van der Waals surface area contributed by atoms with Crippen LogP contribution in [-0.4, -0.2) is 55.1 Å². The maximum atomic E-state index is 13.9. The molecule has 0 bridgehead atoms. The zero-order valence-corrected chi connectivity index (χ0v) is 21.3. The lowest BCUT2D eigenvalue weighted by atomic mass is 9.94. The van der Waals surface area contributed by atoms with Gasteiger partial charge in [0.1, 0.15) is 17.8 Å². The van der Waals surface area contributed by atoms with Crippen molar-refractivity contribution < 1.29 is 28.2 Å². The highest BCUT2D eigenvalue weighted by Gasteiger charge is 2.39. The molecule has 0 fully saturated rings. The molecule has 0 saturated heterocycles. The molecule has 4 rings (SSSR count). The summed E-state index contributed by atoms with van der Waals surface area (Å²) in [6, 6.07) is 13.5. The Bertz CT molecular complexity index is 1500. The minimum atomic E-state index is -4.30. The monoisotopic (exact) mass is 539 g/mol. The van der Waals surface area contributed by atoms with Crippen molar-refractivity contribution in [3.8, 4) is 5.75 Å². The van der Waals surface area contributed by atoms with Crippen LogP contribution < -0.4 is 21.1 Å². The van der Waals surface area contributed by atoms with Gasteiger partial charge >= 0.3 is 5.97 Å². The fraction of sp³-hybridized carbons (Fsp3) is 0.269. The number of para-hydroxylation sites is 1. The van der Waals surface area contributed by atoms with Crippen LogP contribution in [0, 0.1) is 0 Å². The summed E-state index contributed by atoms with van der Waals surface area (Å²) in [5.74, 6) is -2.10. The summed E-state index contributed by atoms with van der Waals surface area (Å²) in [5, 5.41) is 20.7. The predicted octanol–water partition coefficient (Wildman–Crippen LogP) is 1.68. The van der Waals surface area contributed by atoms with E-state index in [1.54, 1.807) is 30.3 Å². The van der Waals surface area contributed by atoms with Crippen LogP contribution in [0.2, 0.25) is 0 Å². The Balaban J connectivity index is 1.73. The number of hydrogen-bond donors (Lipinski definition) is 5. The standard InChI is InChI=1S/C26H29N5O6S/c27-26(28)29-15-5-9-19(24(33)31-20-10-2-1-6-16(20)13-14-21(31)25(34)35)30-38(36,37)23-12-4-7-17-18(23)8-3-11-22(17)32/h1-4,6-8,10-12,19,21,30,32H,5,9,13-15H2,(H,34,35)(H4,27,28,29)/t19-,21?/m0/s1. The van der Waals surface area contributed by atoms with Gasteiger partial charge in [0.25, 0.3) is 0 Å². The maximum Gasteiger partial charge on any atom is 0.326 e. The number of rotatable bonds is 9. The first kappa shape index (κ1) is 26.9. The van der Waals surface area contributed by atoms with Gasteiger partial charge in [-0.1, -0.05) is 42.5 Å². The van der Waals surface area contributed by atoms with Crippen LogP contribution in [0.5, 0.6) is 5.75 Å². The number of carboxylic acid groups (broad SMARTS) is 1. The van der Waals surface area contributed by atoms with E-state index >= 15 is 0 Å². The lowest BCUT2D eigenvalue weighted by Gasteiger charge is -2.37. The second-order valence-electron chi connectivity index (χ2n) is 8.98. The lowest BCUT2D eigenvalue weighted by molar-refractivity contribution is -0.140. The van der Waals surface area contributed by atoms with Crippen LogP contribution >= 0.6 is 0 Å². The number of aliphatic carboxylic acids is 1. The average Bonchev–Trinajstić information content (AvgIpc) is 2.89. The Morgan fingerprint density at radius 1 is 1.05 bits per heavy atom. The molecule has 38 heavy (non-hydrogen) atoms. The molecule has 0 spiro atoms. The number of nitrogens with zero attached hydrogens (tertiary/aromatic N) is 2. The van der Waals surface area contributed by atoms with E-state index in [1.165, 1.54) is 29.2 Å². The van der Waals surface area contributed by atoms with E-state index in [0.717, 1.165) is 5.56 Å². The van der Waals surface area contributed by atoms with Gasteiger partial charge in [-0.15, -0.1) is 0 Å². The van der Waals surface area contributed by atoms with Gasteiger partial charge in [0.2, 0.25) is 15.9 Å². The third kappa shape index (κ3) is 5.55. The molecule has 1 unspecified atom stereocenters. The molecule has 3 aromatic carbocycles. The number of carbonyl (C=O) groups is 2. The lowest BCUT2D eigenvalue weighted by Crippen LogP contribution is -2.55. The van der Waals surface area contributed by atoms with Crippen LogP contribution in [0.25, 0.3) is 10.8 Å². The Kier molecular flexibility index (Phi) is 7.83. The molecule has 200 valence electrons. The van der Waals surface area contributed by atoms with Crippen LogP contribution in [0.4, 0.5) is 5.69 Å². The Morgan fingerprint density at radius 2 is 1.76 bits per heavy atom. The Labute approximate surface area is 219 Å². The van der Waals surface area contributed by atoms with Crippen molar-refractivity contribution >= 4 is 44.3 Å². The number of carboxylic acids is 1. The second-order valence-corrected chi connectivity index (χ2v) is 10.7. The number of guanidine groups is 1. The highest BCUT2D eigenvalue weighted by molar-refractivity contribution is 7.89. The SMILES string of the molecule is NC(N)=NCCC[C@H](NS(=O)(=O)c1cccc2c(O)cccc12)C(=O)N1c2ccccc2CCC1C(=O)O. The fourth-order valence-corrected chi connectivity index (χ4v) is 6.15. The van der Waals surface area contributed by atoms with Gasteiger partial charge in [0, 0.05) is 23.0 Å². The third-order valence-corrected chi connectivity index (χ3v) is 7.99. The topological polar surface area (TPSA) is 188 Å². The highest BCUT2D eigenvalue weighted by Crippen LogP contribution is 2.33. The second kappa shape index (κ2) is 11.1. The van der Waals surface area contributed by atoms with Gasteiger partial charge in [0.05, 0.1) is 4.90 Å². The molecule has 1 aliphatic rings. The van der Waals surface area contributed by atoms with Crippen molar-refractivity contribution in [3.63, 3.8) is 0 Å². The average molecular weight is 540 g/mol. The summed E-state index contributed by atoms with van der Waals surface area (Å²) >= 11 is 0. The first-order chi connectivity index (χ1) is 18.1. The normalized spacial score (nSPS) is 16.0. The summed E-state index contributed by atoms with van der Waals surface area (Å²) in [5.41, 5.74) is 12.0. The number of nitrogens with one attached hydrogen (secondary N) is 1. The summed E-state index contributed by atoms with van der Waals surface area (Å²) in [6.07, 6.45) is 0.918. The number of aryl methyl sites for hydroxylation is 1. The van der Waals surface area contributed by atoms with E-state index in [1.807, 2.05) is 6.07 Å². The molecule has 1 aliphatic heterocycles. The largest absolute Gasteiger partial charge is 0.507 e. The number of sulfonamides is 1. The van der Waals surface area contributed by atoms with Gasteiger partial charge in [-0.05, 0) is 49.4 Å². The van der Waals surface area contributed by atoms with Crippen LogP contribution in [0.1, 0.15) is 24.8 Å². The number of carbonyl (C=O) groups excluding carboxylic acids is 1. The minimum Gasteiger partial charge on any atom is -0.507 e. The quantitative estimate of drug-likeness (QED) is 0.154. The number of nitrogens with two attached hydrogens (primary N) is 2. The van der Waals surface area contributed by atoms with Crippen molar-refractivity contribution in [1.82, 2.24) is 4.72 Å². The molecule has 12 heteroatoms. The number of fused-ring (bicyclic) bond motifs is 2. The maximum absolute atomic E-state index is 13.9. The third-order valence-electron chi connectivity index (χ3n) is 6.46. The smallest absolute Gasteiger partial charge is 0.326 e. The highest BCUT2D eigenvalue weighted by atomic mass is 32.2. The summed E-state index contributed by atoms with van der Waals surface area (Å²) in [7, 11) is -4.30. The first-order valence-electron chi connectivity index (χ1n) is 12.0. The molecule has 2 atom stereocenters. The van der Waals surface area contributed by atoms with Crippen molar-refractivity contribution in [2.75, 3.05) is 11.4 Å². The zero-order chi connectivity index (χ0) is 27.4. The van der Waals surface area contributed by atoms with Crippen LogP contribution in [0.3, 0.4) is 0 Å². The molecule has 0 aromatic heterocycles. The molecule has 3 aromatic rings. The number of anilines is 1. The summed E-state index contributed by atoms with van der Waals surface area (Å²) in [4.78, 5) is 31.0. The fourth-order valence-electron chi connectivity index (χ4n) is 4.71. The van der Waals surface area contributed by atoms with Crippen molar-refractivity contribution in [2.24, 2.45) is 16.5 Å². The number of aliphatic imine (C=N–C) groups is 1. The molecule has 0 aliphatic carbocycles. The Hall–Kier alpha value is -4.16. The van der Waals surface area contributed by atoms with Crippen molar-refractivity contribution in [2.45, 2.75) is 42.7 Å². The van der Waals surface area contributed by atoms with E-state index in [9.17, 15) is 28.2 Å². The van der Waals surface area contributed by atoms with E-state index < -0.39 is 34.0 Å². The minimum absolute atomic E-state index is 0.00979. The Morgan fingerprint density at radius 3 is 2.50 bits per heavy atom. The molecular weight excluding hydrogens is 510 g/mol. The van der Waals surface area contributed by atoms with Gasteiger partial charge in [-0.3, -0.25) is 14.7 Å². The molecule has 11 nitrogen and oxygen atoms in total. The number of benzene rings is 3. The van der Waals surface area contributed by atoms with Crippen LogP contribution in [0.15, 0.2) is 70.6 Å². The predicted molar refractivity (Wildman–Crippen MR) is 143 cm³/mol. The van der Waals surface area contributed by atoms with Gasteiger partial charge in [-0.25, -0.2) is 13.2 Å². The number of phenolic OH excluding ortho intramolecular Hbond substituents is 1. The summed E-state index contributed by atoms with van der Waals surface area (Å²) < 4.78 is 29.7. The molecule has 0 radical (unpaired) electrons. The number of phenols is 1. The summed E-state index contributed by atoms with van der Waals surface area (Å²) in [6.45, 7) is 0.148. The number of amides is 1. The van der Waals surface area contributed by atoms with Gasteiger partial charge in [0.15, 0.2) is 5.96 Å². The molecule has 1 amide bonds. The van der Waals surface area contributed by atoms with E-state index in [2.05, 4.69) is 9.71 Å². The number of aromatic hydroxyl groups is 1. The van der Waals surface area contributed by atoms with Crippen LogP contribution in [-0.2, 0) is 26.0 Å². The van der Waals surface area contributed by atoms with E-state index in [0.29, 0.717) is 17.5 Å². The molecular formula is C26H29N5O6S. The van der Waals surface area contributed by atoms with Gasteiger partial charge < -0.3 is 21.7 Å². The molecule has 1 heterocycles. The van der Waals surface area contributed by atoms with E-state index in [4.69, 9.17) is 11.5 Å². The first-order valence-corrected chi connectivity index (χ1v) is 13.5. The molecule has 0 saturated carbocycles. The van der Waals surface area contributed by atoms with Crippen molar-refractivity contribution in [3.05, 3.63) is 66.2 Å². The zero-order valence-electron chi connectivity index (χ0n) is 20.4. The van der Waals surface area contributed by atoms with E-state index in [-0.39, 0.29) is 47.8 Å². The molecule has 7 N–H and O–H groups in total. The van der Waals surface area contributed by atoms with Gasteiger partial charge in [-0.2, -0.15) is 4.72 Å². The van der Waals surface area contributed by atoms with Crippen molar-refractivity contribution in [1.29, 1.82) is 0 Å².